The van der Waals surface area contributed by atoms with Crippen LogP contribution in [0.5, 0.6) is 0 Å². The van der Waals surface area contributed by atoms with Crippen molar-refractivity contribution < 1.29 is 8.83 Å². The van der Waals surface area contributed by atoms with Crippen LogP contribution < -0.4 is 22.5 Å². The van der Waals surface area contributed by atoms with Gasteiger partial charge in [-0.3, -0.25) is 0 Å². The van der Waals surface area contributed by atoms with Gasteiger partial charge in [-0.05, 0) is 0 Å². The molecule has 0 N–H and O–H groups in total. The molecule has 0 amide bonds. The van der Waals surface area contributed by atoms with Crippen molar-refractivity contribution in [2.45, 2.75) is 0 Å². The minimum Gasteiger partial charge on any atom is -0.475 e. The first-order valence-electron chi connectivity index (χ1n) is 4.13. The number of hydrogen-bond donors (Lipinski definition) is 0. The van der Waals surface area contributed by atoms with E-state index in [9.17, 15) is 19.2 Å². The standard InChI is InChI=1S/C10O6.2Rf/c11-7-3-1-4-6(10(14)16-8(4)12)2-5(3)9(13)15-7;;/q-2;;. The summed E-state index contributed by atoms with van der Waals surface area (Å²) in [6.07, 6.45) is 0. The minimum absolute atomic E-state index is 0. The van der Waals surface area contributed by atoms with E-state index in [-0.39, 0.29) is 21.5 Å². The third-order valence-corrected chi connectivity index (χ3v) is 2.19. The van der Waals surface area contributed by atoms with Gasteiger partial charge in [0.1, 0.15) is 0 Å². The van der Waals surface area contributed by atoms with Crippen LogP contribution in [0.3, 0.4) is 0 Å². The zero-order valence-corrected chi connectivity index (χ0v) is 21.7. The SMILES string of the molecule is O=c1oc(=O)c2[c-]c3c(=O)oc(=O)c3[c-]c12.[Rf].[Rf]. The molecule has 2 aromatic heterocycles. The number of hydrogen-bond acceptors (Lipinski definition) is 6. The predicted octanol–water partition coefficient (Wildman–Crippen LogP) is -0.904. The molecule has 0 unspecified atom stereocenters. The van der Waals surface area contributed by atoms with Crippen LogP contribution in [0.1, 0.15) is 0 Å². The summed E-state index contributed by atoms with van der Waals surface area (Å²) in [5.41, 5.74) is -3.64. The van der Waals surface area contributed by atoms with E-state index >= 15 is 0 Å². The Bertz CT molecular complexity index is 779. The molecule has 0 saturated heterocycles. The second-order valence-electron chi connectivity index (χ2n) is 3.10. The van der Waals surface area contributed by atoms with E-state index in [0.717, 1.165) is 0 Å². The van der Waals surface area contributed by atoms with Crippen molar-refractivity contribution in [3.63, 3.8) is 0 Å². The molecule has 0 saturated carbocycles. The second kappa shape index (κ2) is 2.99. The van der Waals surface area contributed by atoms with Gasteiger partial charge < -0.3 is 28.0 Å². The summed E-state index contributed by atoms with van der Waals surface area (Å²) >= 11 is 0. The van der Waals surface area contributed by atoms with Crippen LogP contribution in [0.15, 0.2) is 28.0 Å². The van der Waals surface area contributed by atoms with E-state index in [1.54, 1.807) is 0 Å². The fraction of sp³-hybridized carbons (Fsp3) is 0. The van der Waals surface area contributed by atoms with E-state index in [4.69, 9.17) is 0 Å². The van der Waals surface area contributed by atoms with E-state index in [1.165, 1.54) is 0 Å². The topological polar surface area (TPSA) is 94.6 Å². The Balaban J connectivity index is 0.000000810. The molecule has 6 nitrogen and oxygen atoms in total. The molecule has 0 spiro atoms. The third kappa shape index (κ3) is 1.01. The van der Waals surface area contributed by atoms with Gasteiger partial charge in [-0.15, -0.1) is 21.5 Å². The Labute approximate surface area is 85.0 Å². The van der Waals surface area contributed by atoms with Crippen molar-refractivity contribution in [2.75, 3.05) is 0 Å². The molecule has 18 heavy (non-hydrogen) atoms. The zero-order chi connectivity index (χ0) is 11.4. The molecule has 0 aliphatic heterocycles. The first-order chi connectivity index (χ1) is 7.58. The van der Waals surface area contributed by atoms with Crippen molar-refractivity contribution in [2.24, 2.45) is 0 Å². The molecule has 82 valence electrons. The largest absolute Gasteiger partial charge is 0.475 e. The van der Waals surface area contributed by atoms with Gasteiger partial charge in [0.15, 0.2) is 0 Å². The maximum atomic E-state index is 11.1. The maximum Gasteiger partial charge on any atom is 0.233 e. The van der Waals surface area contributed by atoms with Gasteiger partial charge >= 0.3 is 0 Å². The fourth-order valence-electron chi connectivity index (χ4n) is 1.48. The van der Waals surface area contributed by atoms with Gasteiger partial charge in [0.25, 0.3) is 0 Å². The molecule has 0 aliphatic rings. The first-order valence-corrected chi connectivity index (χ1v) is 4.13. The zero-order valence-electron chi connectivity index (χ0n) is 8.86. The van der Waals surface area contributed by atoms with E-state index in [0.29, 0.717) is 0 Å². The van der Waals surface area contributed by atoms with Crippen LogP contribution in [-0.2, 0) is 0 Å². The average molecular weight is 750 g/mol. The maximum absolute atomic E-state index is 11.1. The summed E-state index contributed by atoms with van der Waals surface area (Å²) in [6.45, 7) is 0. The van der Waals surface area contributed by atoms with Gasteiger partial charge in [0.05, 0.1) is 0 Å². The summed E-state index contributed by atoms with van der Waals surface area (Å²) in [4.78, 5) is 44.5. The number of benzene rings is 1. The van der Waals surface area contributed by atoms with Gasteiger partial charge in [-0.25, -0.2) is 0 Å². The van der Waals surface area contributed by atoms with Crippen LogP contribution in [0.2, 0.25) is 0 Å². The quantitative estimate of drug-likeness (QED) is 0.277. The molecular formula is C10O6Rf2-2. The summed E-state index contributed by atoms with van der Waals surface area (Å²) < 4.78 is 8.55. The normalized spacial score (nSPS) is 10.2. The number of fused-ring (bicyclic) bond motifs is 2. The van der Waals surface area contributed by atoms with Crippen molar-refractivity contribution in [1.29, 1.82) is 0 Å². The minimum atomic E-state index is -0.911. The molecule has 0 aliphatic carbocycles. The number of furan rings is 2. The molecule has 0 fully saturated rings. The van der Waals surface area contributed by atoms with Crippen LogP contribution in [-0.4, -0.2) is 0 Å². The Kier molecular flexibility index (Phi) is 1.92. The summed E-state index contributed by atoms with van der Waals surface area (Å²) in [5, 5.41) is -0.795. The summed E-state index contributed by atoms with van der Waals surface area (Å²) in [7, 11) is 0. The molecule has 3 rings (SSSR count). The van der Waals surface area contributed by atoms with Crippen molar-refractivity contribution in [3.8, 4) is 0 Å². The Hall–Kier alpha value is -4.50. The van der Waals surface area contributed by atoms with Crippen LogP contribution in [0.4, 0.5) is 0 Å². The molecule has 0 atom stereocenters. The average Bonchev–Trinajstić information content (AvgIpc) is 2.67. The fourth-order valence-corrected chi connectivity index (χ4v) is 1.48. The summed E-state index contributed by atoms with van der Waals surface area (Å²) in [6, 6.07) is 4.69. The van der Waals surface area contributed by atoms with Gasteiger partial charge in [0.2, 0.25) is 22.5 Å². The molecular weight excluding hydrogens is 750 g/mol. The molecule has 8 heteroatoms. The van der Waals surface area contributed by atoms with E-state index < -0.39 is 22.5 Å². The van der Waals surface area contributed by atoms with Crippen LogP contribution in [0, 0.1) is 12.1 Å². The second-order valence-corrected chi connectivity index (χ2v) is 3.10. The Morgan fingerprint density at radius 3 is 1.00 bits per heavy atom. The molecule has 3 aromatic rings. The first kappa shape index (κ1) is 11.6. The summed E-state index contributed by atoms with van der Waals surface area (Å²) in [5.74, 6) is 0. The van der Waals surface area contributed by atoms with Crippen LogP contribution in [0.25, 0.3) is 21.5 Å². The monoisotopic (exact) mass is 750 g/mol. The predicted molar refractivity (Wildman–Crippen MR) is 51.1 cm³/mol. The van der Waals surface area contributed by atoms with Crippen molar-refractivity contribution >= 4 is 21.5 Å². The van der Waals surface area contributed by atoms with Gasteiger partial charge in [-0.1, -0.05) is 0 Å². The molecule has 0 radical (unpaired) electrons. The third-order valence-electron chi connectivity index (χ3n) is 2.19. The molecule has 0 bridgehead atoms. The molecule has 1 aromatic carbocycles. The Morgan fingerprint density at radius 2 is 0.778 bits per heavy atom. The van der Waals surface area contributed by atoms with Gasteiger partial charge in [-0.2, -0.15) is 12.1 Å². The van der Waals surface area contributed by atoms with Crippen molar-refractivity contribution in [3.05, 3.63) is 53.8 Å². The van der Waals surface area contributed by atoms with Crippen molar-refractivity contribution in [1.82, 2.24) is 0 Å². The van der Waals surface area contributed by atoms with E-state index in [1.807, 2.05) is 0 Å². The van der Waals surface area contributed by atoms with E-state index in [2.05, 4.69) is 21.0 Å². The van der Waals surface area contributed by atoms with Gasteiger partial charge in [0, 0.05) is 0 Å². The number of rotatable bonds is 0. The molecule has 2 heterocycles. The smallest absolute Gasteiger partial charge is 0.233 e. The Morgan fingerprint density at radius 1 is 0.556 bits per heavy atom. The van der Waals surface area contributed by atoms with Crippen LogP contribution >= 0.6 is 0 Å².